The van der Waals surface area contributed by atoms with Crippen molar-refractivity contribution < 1.29 is 14.3 Å². The molecular weight excluding hydrogens is 328 g/mol. The third kappa shape index (κ3) is 6.97. The molecule has 0 saturated heterocycles. The SMILES string of the molecule is CC(C)Oc1ccccc1NC(=O)CC(=O)NCCCc1ccccc1. The number of para-hydroxylation sites is 2. The summed E-state index contributed by atoms with van der Waals surface area (Å²) in [6.07, 6.45) is 1.53. The van der Waals surface area contributed by atoms with Crippen molar-refractivity contribution in [2.24, 2.45) is 0 Å². The van der Waals surface area contributed by atoms with Crippen LogP contribution in [0.1, 0.15) is 32.3 Å². The first-order chi connectivity index (χ1) is 12.5. The molecule has 0 aliphatic heterocycles. The second-order valence-electron chi connectivity index (χ2n) is 6.33. The molecule has 138 valence electrons. The van der Waals surface area contributed by atoms with Gasteiger partial charge in [0.1, 0.15) is 12.2 Å². The molecule has 2 rings (SSSR count). The molecule has 5 heteroatoms. The van der Waals surface area contributed by atoms with Crippen molar-refractivity contribution in [2.45, 2.75) is 39.2 Å². The lowest BCUT2D eigenvalue weighted by Crippen LogP contribution is -2.29. The second-order valence-corrected chi connectivity index (χ2v) is 6.33. The third-order valence-electron chi connectivity index (χ3n) is 3.65. The molecule has 0 saturated carbocycles. The van der Waals surface area contributed by atoms with Gasteiger partial charge in [0, 0.05) is 6.54 Å². The molecule has 0 unspecified atom stereocenters. The van der Waals surface area contributed by atoms with Crippen LogP contribution in [0.3, 0.4) is 0 Å². The van der Waals surface area contributed by atoms with Crippen LogP contribution in [0.4, 0.5) is 5.69 Å². The smallest absolute Gasteiger partial charge is 0.233 e. The largest absolute Gasteiger partial charge is 0.489 e. The van der Waals surface area contributed by atoms with Crippen molar-refractivity contribution in [3.8, 4) is 5.75 Å². The number of nitrogens with one attached hydrogen (secondary N) is 2. The summed E-state index contributed by atoms with van der Waals surface area (Å²) in [6, 6.07) is 17.3. The monoisotopic (exact) mass is 354 g/mol. The number of ether oxygens (including phenoxy) is 1. The molecule has 0 aliphatic rings. The highest BCUT2D eigenvalue weighted by atomic mass is 16.5. The fourth-order valence-corrected chi connectivity index (χ4v) is 2.49. The zero-order chi connectivity index (χ0) is 18.8. The van der Waals surface area contributed by atoms with E-state index in [0.29, 0.717) is 18.0 Å². The highest BCUT2D eigenvalue weighted by Crippen LogP contribution is 2.24. The van der Waals surface area contributed by atoms with E-state index < -0.39 is 0 Å². The minimum Gasteiger partial charge on any atom is -0.489 e. The van der Waals surface area contributed by atoms with Crippen molar-refractivity contribution in [1.29, 1.82) is 0 Å². The summed E-state index contributed by atoms with van der Waals surface area (Å²) >= 11 is 0. The van der Waals surface area contributed by atoms with E-state index in [4.69, 9.17) is 4.74 Å². The molecule has 0 aromatic heterocycles. The van der Waals surface area contributed by atoms with Gasteiger partial charge in [-0.05, 0) is 44.4 Å². The van der Waals surface area contributed by atoms with Crippen molar-refractivity contribution in [3.63, 3.8) is 0 Å². The summed E-state index contributed by atoms with van der Waals surface area (Å²) in [6.45, 7) is 4.39. The highest BCUT2D eigenvalue weighted by Gasteiger charge is 2.12. The molecule has 0 bridgehead atoms. The minimum atomic E-state index is -0.356. The molecule has 26 heavy (non-hydrogen) atoms. The van der Waals surface area contributed by atoms with Crippen LogP contribution in [0, 0.1) is 0 Å². The van der Waals surface area contributed by atoms with Gasteiger partial charge in [0.05, 0.1) is 11.8 Å². The Morgan fingerprint density at radius 1 is 0.962 bits per heavy atom. The zero-order valence-corrected chi connectivity index (χ0v) is 15.3. The van der Waals surface area contributed by atoms with Gasteiger partial charge in [-0.3, -0.25) is 9.59 Å². The fraction of sp³-hybridized carbons (Fsp3) is 0.333. The van der Waals surface area contributed by atoms with Gasteiger partial charge in [0.15, 0.2) is 0 Å². The van der Waals surface area contributed by atoms with Crippen LogP contribution in [-0.4, -0.2) is 24.5 Å². The van der Waals surface area contributed by atoms with E-state index in [2.05, 4.69) is 22.8 Å². The van der Waals surface area contributed by atoms with Crippen LogP contribution >= 0.6 is 0 Å². The van der Waals surface area contributed by atoms with Gasteiger partial charge in [-0.25, -0.2) is 0 Å². The van der Waals surface area contributed by atoms with Crippen LogP contribution < -0.4 is 15.4 Å². The third-order valence-corrected chi connectivity index (χ3v) is 3.65. The Bertz CT molecular complexity index is 714. The van der Waals surface area contributed by atoms with Crippen molar-refractivity contribution >= 4 is 17.5 Å². The van der Waals surface area contributed by atoms with Crippen molar-refractivity contribution in [2.75, 3.05) is 11.9 Å². The maximum atomic E-state index is 12.1. The van der Waals surface area contributed by atoms with Gasteiger partial charge in [-0.15, -0.1) is 0 Å². The van der Waals surface area contributed by atoms with Crippen molar-refractivity contribution in [1.82, 2.24) is 5.32 Å². The summed E-state index contributed by atoms with van der Waals surface area (Å²) in [7, 11) is 0. The number of hydrogen-bond acceptors (Lipinski definition) is 3. The quantitative estimate of drug-likeness (QED) is 0.534. The fourth-order valence-electron chi connectivity index (χ4n) is 2.49. The van der Waals surface area contributed by atoms with E-state index in [0.717, 1.165) is 12.8 Å². The van der Waals surface area contributed by atoms with Crippen molar-refractivity contribution in [3.05, 3.63) is 60.2 Å². The van der Waals surface area contributed by atoms with E-state index in [1.54, 1.807) is 12.1 Å². The Balaban J connectivity index is 1.73. The molecule has 0 radical (unpaired) electrons. The van der Waals surface area contributed by atoms with E-state index in [9.17, 15) is 9.59 Å². The maximum Gasteiger partial charge on any atom is 0.233 e. The standard InChI is InChI=1S/C21H26N2O3/c1-16(2)26-19-13-7-6-12-18(19)23-21(25)15-20(24)22-14-8-11-17-9-4-3-5-10-17/h3-7,9-10,12-13,16H,8,11,14-15H2,1-2H3,(H,22,24)(H,23,25). The summed E-state index contributed by atoms with van der Waals surface area (Å²) in [4.78, 5) is 24.0. The Kier molecular flexibility index (Phi) is 7.68. The molecule has 2 N–H and O–H groups in total. The summed E-state index contributed by atoms with van der Waals surface area (Å²) < 4.78 is 5.66. The summed E-state index contributed by atoms with van der Waals surface area (Å²) in [5, 5.41) is 5.52. The molecule has 5 nitrogen and oxygen atoms in total. The molecular formula is C21H26N2O3. The first kappa shape index (κ1) is 19.5. The maximum absolute atomic E-state index is 12.1. The van der Waals surface area contributed by atoms with Gasteiger partial charge in [-0.2, -0.15) is 0 Å². The average molecular weight is 354 g/mol. The number of amides is 2. The number of hydrogen-bond donors (Lipinski definition) is 2. The Labute approximate surface area is 154 Å². The van der Waals surface area contributed by atoms with Crippen LogP contribution in [0.15, 0.2) is 54.6 Å². The summed E-state index contributed by atoms with van der Waals surface area (Å²) in [5.74, 6) is -0.0395. The van der Waals surface area contributed by atoms with Gasteiger partial charge in [0.2, 0.25) is 11.8 Å². The molecule has 2 aromatic rings. The first-order valence-electron chi connectivity index (χ1n) is 8.91. The van der Waals surface area contributed by atoms with E-state index in [-0.39, 0.29) is 24.3 Å². The normalized spacial score (nSPS) is 10.4. The van der Waals surface area contributed by atoms with E-state index >= 15 is 0 Å². The molecule has 0 fully saturated rings. The number of carbonyl (C=O) groups excluding carboxylic acids is 2. The molecule has 2 amide bonds. The van der Waals surface area contributed by atoms with Gasteiger partial charge in [0.25, 0.3) is 0 Å². The topological polar surface area (TPSA) is 67.4 Å². The number of benzene rings is 2. The van der Waals surface area contributed by atoms with Crippen LogP contribution in [0.5, 0.6) is 5.75 Å². The zero-order valence-electron chi connectivity index (χ0n) is 15.3. The molecule has 0 atom stereocenters. The average Bonchev–Trinajstić information content (AvgIpc) is 2.61. The minimum absolute atomic E-state index is 0.000894. The lowest BCUT2D eigenvalue weighted by atomic mass is 10.1. The lowest BCUT2D eigenvalue weighted by molar-refractivity contribution is -0.126. The Hall–Kier alpha value is -2.82. The van der Waals surface area contributed by atoms with Gasteiger partial charge >= 0.3 is 0 Å². The van der Waals surface area contributed by atoms with Gasteiger partial charge in [-0.1, -0.05) is 42.5 Å². The lowest BCUT2D eigenvalue weighted by Gasteiger charge is -2.14. The van der Waals surface area contributed by atoms with Crippen LogP contribution in [-0.2, 0) is 16.0 Å². The molecule has 0 spiro atoms. The second kappa shape index (κ2) is 10.2. The summed E-state index contributed by atoms with van der Waals surface area (Å²) in [5.41, 5.74) is 1.81. The number of aryl methyl sites for hydroxylation is 1. The molecule has 0 aliphatic carbocycles. The number of carbonyl (C=O) groups is 2. The predicted molar refractivity (Wildman–Crippen MR) is 103 cm³/mol. The Morgan fingerprint density at radius 3 is 2.38 bits per heavy atom. The van der Waals surface area contributed by atoms with E-state index in [1.807, 2.05) is 44.2 Å². The number of anilines is 1. The molecule has 0 heterocycles. The van der Waals surface area contributed by atoms with E-state index in [1.165, 1.54) is 5.56 Å². The Morgan fingerprint density at radius 2 is 1.65 bits per heavy atom. The number of rotatable bonds is 9. The molecule has 2 aromatic carbocycles. The van der Waals surface area contributed by atoms with Crippen LogP contribution in [0.2, 0.25) is 0 Å². The predicted octanol–water partition coefficient (Wildman–Crippen LogP) is 3.55. The van der Waals surface area contributed by atoms with Crippen LogP contribution in [0.25, 0.3) is 0 Å². The highest BCUT2D eigenvalue weighted by molar-refractivity contribution is 6.04. The first-order valence-corrected chi connectivity index (χ1v) is 8.91. The van der Waals surface area contributed by atoms with Gasteiger partial charge < -0.3 is 15.4 Å².